The second-order valence-electron chi connectivity index (χ2n) is 4.00. The number of halogens is 1. The number of rotatable bonds is 4. The van der Waals surface area contributed by atoms with E-state index < -0.39 is 21.4 Å². The molecular formula is C12H15FN2O2S. The van der Waals surface area contributed by atoms with E-state index in [1.54, 1.807) is 13.0 Å². The molecule has 0 aliphatic rings. The first-order chi connectivity index (χ1) is 8.36. The van der Waals surface area contributed by atoms with Crippen molar-refractivity contribution in [2.45, 2.75) is 31.2 Å². The molecular weight excluding hydrogens is 255 g/mol. The van der Waals surface area contributed by atoms with Crippen LogP contribution in [0.3, 0.4) is 0 Å². The topological polar surface area (TPSA) is 61.2 Å². The highest BCUT2D eigenvalue weighted by atomic mass is 32.2. The van der Waals surface area contributed by atoms with E-state index in [1.165, 1.54) is 19.2 Å². The van der Waals surface area contributed by atoms with Crippen molar-refractivity contribution in [3.05, 3.63) is 29.6 Å². The summed E-state index contributed by atoms with van der Waals surface area (Å²) in [6.07, 6.45) is 0.632. The molecule has 0 bridgehead atoms. The highest BCUT2D eigenvalue weighted by Gasteiger charge is 2.28. The smallest absolute Gasteiger partial charge is 0.207 e. The third kappa shape index (κ3) is 2.52. The van der Waals surface area contributed by atoms with Crippen molar-refractivity contribution in [2.75, 3.05) is 7.05 Å². The lowest BCUT2D eigenvalue weighted by molar-refractivity contribution is 0.380. The summed E-state index contributed by atoms with van der Waals surface area (Å²) in [5.41, 5.74) is -0.437. The van der Waals surface area contributed by atoms with Crippen LogP contribution in [0.5, 0.6) is 0 Å². The molecule has 4 nitrogen and oxygen atoms in total. The number of nitriles is 1. The highest BCUT2D eigenvalue weighted by molar-refractivity contribution is 7.89. The lowest BCUT2D eigenvalue weighted by Crippen LogP contribution is -2.35. The van der Waals surface area contributed by atoms with Crippen molar-refractivity contribution in [1.29, 1.82) is 5.26 Å². The summed E-state index contributed by atoms with van der Waals surface area (Å²) in [7, 11) is -2.42. The molecule has 18 heavy (non-hydrogen) atoms. The van der Waals surface area contributed by atoms with Crippen molar-refractivity contribution >= 4 is 10.0 Å². The molecule has 0 aliphatic carbocycles. The Kier molecular flexibility index (Phi) is 4.43. The summed E-state index contributed by atoms with van der Waals surface area (Å²) in [6, 6.07) is 4.98. The van der Waals surface area contributed by atoms with Crippen molar-refractivity contribution in [2.24, 2.45) is 0 Å². The van der Waals surface area contributed by atoms with Gasteiger partial charge in [0.1, 0.15) is 22.3 Å². The molecule has 0 N–H and O–H groups in total. The Balaban J connectivity index is 3.39. The van der Waals surface area contributed by atoms with Crippen molar-refractivity contribution < 1.29 is 12.8 Å². The van der Waals surface area contributed by atoms with E-state index in [0.717, 1.165) is 10.4 Å². The molecule has 1 aromatic rings. The molecule has 1 aromatic carbocycles. The molecule has 0 aromatic heterocycles. The van der Waals surface area contributed by atoms with Crippen LogP contribution in [0.1, 0.15) is 25.8 Å². The van der Waals surface area contributed by atoms with Gasteiger partial charge in [0.15, 0.2) is 0 Å². The number of hydrogen-bond donors (Lipinski definition) is 0. The van der Waals surface area contributed by atoms with Gasteiger partial charge in [-0.2, -0.15) is 9.57 Å². The molecule has 0 spiro atoms. The summed E-state index contributed by atoms with van der Waals surface area (Å²) in [5, 5.41) is 8.87. The van der Waals surface area contributed by atoms with E-state index in [0.29, 0.717) is 6.42 Å². The number of hydrogen-bond acceptors (Lipinski definition) is 3. The van der Waals surface area contributed by atoms with E-state index in [1.807, 2.05) is 6.92 Å². The molecule has 0 amide bonds. The van der Waals surface area contributed by atoms with Gasteiger partial charge in [0.2, 0.25) is 10.0 Å². The fourth-order valence-corrected chi connectivity index (χ4v) is 3.06. The lowest BCUT2D eigenvalue weighted by Gasteiger charge is -2.23. The second-order valence-corrected chi connectivity index (χ2v) is 5.97. The van der Waals surface area contributed by atoms with Crippen molar-refractivity contribution in [1.82, 2.24) is 4.31 Å². The molecule has 0 fully saturated rings. The van der Waals surface area contributed by atoms with Crippen LogP contribution in [0, 0.1) is 17.1 Å². The maximum atomic E-state index is 13.4. The average Bonchev–Trinajstić information content (AvgIpc) is 2.36. The van der Waals surface area contributed by atoms with Gasteiger partial charge in [-0.05, 0) is 25.5 Å². The molecule has 1 unspecified atom stereocenters. The SMILES string of the molecule is CCC(C)N(C)S(=O)(=O)c1cccc(F)c1C#N. The quantitative estimate of drug-likeness (QED) is 0.842. The molecule has 98 valence electrons. The van der Waals surface area contributed by atoms with Gasteiger partial charge in [0.05, 0.1) is 0 Å². The van der Waals surface area contributed by atoms with Gasteiger partial charge in [0, 0.05) is 13.1 Å². The largest absolute Gasteiger partial charge is 0.244 e. The van der Waals surface area contributed by atoms with E-state index >= 15 is 0 Å². The Labute approximate surface area is 107 Å². The predicted octanol–water partition coefficient (Wildman–Crippen LogP) is 2.12. The third-order valence-corrected chi connectivity index (χ3v) is 4.97. The zero-order chi connectivity index (χ0) is 13.9. The van der Waals surface area contributed by atoms with Crippen molar-refractivity contribution in [3.8, 4) is 6.07 Å². The summed E-state index contributed by atoms with van der Waals surface area (Å²) < 4.78 is 39.1. The monoisotopic (exact) mass is 270 g/mol. The fourth-order valence-electron chi connectivity index (χ4n) is 1.48. The zero-order valence-corrected chi connectivity index (χ0v) is 11.3. The molecule has 0 aliphatic heterocycles. The molecule has 0 saturated heterocycles. The molecule has 0 radical (unpaired) electrons. The Hall–Kier alpha value is -1.45. The minimum Gasteiger partial charge on any atom is -0.207 e. The zero-order valence-electron chi connectivity index (χ0n) is 10.5. The molecule has 6 heteroatoms. The lowest BCUT2D eigenvalue weighted by atomic mass is 10.2. The normalized spacial score (nSPS) is 13.3. The summed E-state index contributed by atoms with van der Waals surface area (Å²) >= 11 is 0. The van der Waals surface area contributed by atoms with Crippen LogP contribution in [0.4, 0.5) is 4.39 Å². The summed E-state index contributed by atoms with van der Waals surface area (Å²) in [6.45, 7) is 3.61. The standard InChI is InChI=1S/C12H15FN2O2S/c1-4-9(2)15(3)18(16,17)12-7-5-6-11(13)10(12)8-14/h5-7,9H,4H2,1-3H3. The minimum atomic E-state index is -3.84. The van der Waals surface area contributed by atoms with Gasteiger partial charge < -0.3 is 0 Å². The summed E-state index contributed by atoms with van der Waals surface area (Å²) in [4.78, 5) is -0.284. The van der Waals surface area contributed by atoms with E-state index in [9.17, 15) is 12.8 Å². The van der Waals surface area contributed by atoms with Crippen LogP contribution in [-0.2, 0) is 10.0 Å². The number of nitrogens with zero attached hydrogens (tertiary/aromatic N) is 2. The summed E-state index contributed by atoms with van der Waals surface area (Å²) in [5.74, 6) is -0.823. The Bertz CT molecular complexity index is 578. The first-order valence-electron chi connectivity index (χ1n) is 5.52. The number of benzene rings is 1. The van der Waals surface area contributed by atoms with Crippen molar-refractivity contribution in [3.63, 3.8) is 0 Å². The molecule has 1 rings (SSSR count). The van der Waals surface area contributed by atoms with Crippen LogP contribution in [-0.4, -0.2) is 25.8 Å². The van der Waals surface area contributed by atoms with Gasteiger partial charge in [-0.1, -0.05) is 13.0 Å². The molecule has 1 atom stereocenters. The van der Waals surface area contributed by atoms with Gasteiger partial charge in [-0.15, -0.1) is 0 Å². The van der Waals surface area contributed by atoms with Gasteiger partial charge in [-0.3, -0.25) is 0 Å². The predicted molar refractivity (Wildman–Crippen MR) is 65.8 cm³/mol. The van der Waals surface area contributed by atoms with Crippen LogP contribution >= 0.6 is 0 Å². The maximum Gasteiger partial charge on any atom is 0.244 e. The fraction of sp³-hybridized carbons (Fsp3) is 0.417. The van der Waals surface area contributed by atoms with Crippen LogP contribution in [0.15, 0.2) is 23.1 Å². The van der Waals surface area contributed by atoms with E-state index in [4.69, 9.17) is 5.26 Å². The Morgan fingerprint density at radius 2 is 2.11 bits per heavy atom. The van der Waals surface area contributed by atoms with Crippen LogP contribution in [0.2, 0.25) is 0 Å². The highest BCUT2D eigenvalue weighted by Crippen LogP contribution is 2.23. The second kappa shape index (κ2) is 5.46. The van der Waals surface area contributed by atoms with Gasteiger partial charge >= 0.3 is 0 Å². The third-order valence-electron chi connectivity index (χ3n) is 2.96. The minimum absolute atomic E-state index is 0.218. The first-order valence-corrected chi connectivity index (χ1v) is 6.96. The Morgan fingerprint density at radius 1 is 1.50 bits per heavy atom. The molecule has 0 heterocycles. The van der Waals surface area contributed by atoms with E-state index in [-0.39, 0.29) is 10.9 Å². The van der Waals surface area contributed by atoms with Crippen LogP contribution < -0.4 is 0 Å². The first kappa shape index (κ1) is 14.6. The van der Waals surface area contributed by atoms with E-state index in [2.05, 4.69) is 0 Å². The van der Waals surface area contributed by atoms with Crippen LogP contribution in [0.25, 0.3) is 0 Å². The average molecular weight is 270 g/mol. The number of sulfonamides is 1. The maximum absolute atomic E-state index is 13.4. The van der Waals surface area contributed by atoms with Gasteiger partial charge in [-0.25, -0.2) is 12.8 Å². The Morgan fingerprint density at radius 3 is 2.61 bits per heavy atom. The van der Waals surface area contributed by atoms with Gasteiger partial charge in [0.25, 0.3) is 0 Å². The molecule has 0 saturated carbocycles.